The fourth-order valence-electron chi connectivity index (χ4n) is 5.22. The molecule has 0 saturated carbocycles. The standard InChI is InChI=1S/C39H26FN3/c40-36-23-34(30-15-13-29(14-16-30)33-12-7-21-41-26-33)22-35(24-36)38-25-37(42-39(43-38)32-10-5-2-6-11-32)31-19-17-28(18-20-31)27-8-3-1-4-9-27/h1-26H. The van der Waals surface area contributed by atoms with Crippen LogP contribution in [0.5, 0.6) is 0 Å². The minimum atomic E-state index is -0.322. The van der Waals surface area contributed by atoms with E-state index in [0.717, 1.165) is 50.2 Å². The molecule has 2 aromatic heterocycles. The molecular formula is C39H26FN3. The van der Waals surface area contributed by atoms with E-state index in [1.54, 1.807) is 12.3 Å². The third-order valence-electron chi connectivity index (χ3n) is 7.45. The van der Waals surface area contributed by atoms with E-state index in [0.29, 0.717) is 17.1 Å². The van der Waals surface area contributed by atoms with Gasteiger partial charge < -0.3 is 0 Å². The lowest BCUT2D eigenvalue weighted by molar-refractivity contribution is 0.629. The van der Waals surface area contributed by atoms with Crippen LogP contribution in [0, 0.1) is 5.82 Å². The molecule has 2 heterocycles. The molecule has 204 valence electrons. The largest absolute Gasteiger partial charge is 0.264 e. The van der Waals surface area contributed by atoms with Crippen molar-refractivity contribution in [1.82, 2.24) is 15.0 Å². The molecule has 0 aliphatic carbocycles. The maximum Gasteiger partial charge on any atom is 0.160 e. The van der Waals surface area contributed by atoms with Gasteiger partial charge in [0, 0.05) is 29.1 Å². The third-order valence-corrected chi connectivity index (χ3v) is 7.45. The molecule has 0 N–H and O–H groups in total. The molecule has 7 aromatic rings. The Labute approximate surface area is 250 Å². The lowest BCUT2D eigenvalue weighted by atomic mass is 9.98. The molecule has 3 nitrogen and oxygen atoms in total. The van der Waals surface area contributed by atoms with Gasteiger partial charge in [0.25, 0.3) is 0 Å². The fraction of sp³-hybridized carbons (Fsp3) is 0. The summed E-state index contributed by atoms with van der Waals surface area (Å²) in [6.45, 7) is 0. The Balaban J connectivity index is 1.29. The molecule has 0 saturated heterocycles. The van der Waals surface area contributed by atoms with Crippen LogP contribution in [0.25, 0.3) is 67.3 Å². The molecule has 0 bridgehead atoms. The number of rotatable bonds is 6. The van der Waals surface area contributed by atoms with Crippen molar-refractivity contribution >= 4 is 0 Å². The van der Waals surface area contributed by atoms with Crippen LogP contribution in [0.3, 0.4) is 0 Å². The molecule has 0 atom stereocenters. The molecule has 0 fully saturated rings. The zero-order valence-corrected chi connectivity index (χ0v) is 23.2. The van der Waals surface area contributed by atoms with Crippen LogP contribution in [0.1, 0.15) is 0 Å². The first-order valence-electron chi connectivity index (χ1n) is 14.1. The minimum Gasteiger partial charge on any atom is -0.264 e. The van der Waals surface area contributed by atoms with Crippen LogP contribution >= 0.6 is 0 Å². The molecule has 0 unspecified atom stereocenters. The number of hydrogen-bond acceptors (Lipinski definition) is 3. The number of aromatic nitrogens is 3. The normalized spacial score (nSPS) is 10.9. The first-order valence-corrected chi connectivity index (χ1v) is 14.1. The number of benzene rings is 5. The molecule has 0 radical (unpaired) electrons. The lowest BCUT2D eigenvalue weighted by Crippen LogP contribution is -1.96. The van der Waals surface area contributed by atoms with Crippen molar-refractivity contribution in [2.45, 2.75) is 0 Å². The van der Waals surface area contributed by atoms with Crippen molar-refractivity contribution in [2.75, 3.05) is 0 Å². The van der Waals surface area contributed by atoms with E-state index < -0.39 is 0 Å². The molecule has 7 rings (SSSR count). The van der Waals surface area contributed by atoms with Gasteiger partial charge in [-0.25, -0.2) is 14.4 Å². The second kappa shape index (κ2) is 11.6. The smallest absolute Gasteiger partial charge is 0.160 e. The highest BCUT2D eigenvalue weighted by molar-refractivity contribution is 5.78. The Hall–Kier alpha value is -5.74. The van der Waals surface area contributed by atoms with Crippen LogP contribution in [-0.4, -0.2) is 15.0 Å². The number of hydrogen-bond donors (Lipinski definition) is 0. The molecular weight excluding hydrogens is 529 g/mol. The highest BCUT2D eigenvalue weighted by Gasteiger charge is 2.13. The Bertz CT molecular complexity index is 1990. The molecule has 5 aromatic carbocycles. The van der Waals surface area contributed by atoms with Crippen molar-refractivity contribution in [2.24, 2.45) is 0 Å². The van der Waals surface area contributed by atoms with Gasteiger partial charge >= 0.3 is 0 Å². The molecule has 0 spiro atoms. The summed E-state index contributed by atoms with van der Waals surface area (Å²) in [7, 11) is 0. The van der Waals surface area contributed by atoms with E-state index in [4.69, 9.17) is 9.97 Å². The SMILES string of the molecule is Fc1cc(-c2ccc(-c3cccnc3)cc2)cc(-c2cc(-c3ccc(-c4ccccc4)cc3)nc(-c3ccccc3)n2)c1. The van der Waals surface area contributed by atoms with E-state index >= 15 is 4.39 Å². The van der Waals surface area contributed by atoms with Crippen molar-refractivity contribution in [3.63, 3.8) is 0 Å². The summed E-state index contributed by atoms with van der Waals surface area (Å²) in [5, 5.41) is 0. The maximum atomic E-state index is 15.1. The Morgan fingerprint density at radius 1 is 0.372 bits per heavy atom. The van der Waals surface area contributed by atoms with Gasteiger partial charge in [-0.3, -0.25) is 4.98 Å². The zero-order chi connectivity index (χ0) is 29.0. The minimum absolute atomic E-state index is 0.322. The summed E-state index contributed by atoms with van der Waals surface area (Å²) in [6, 6.07) is 47.6. The Morgan fingerprint density at radius 3 is 1.49 bits per heavy atom. The fourth-order valence-corrected chi connectivity index (χ4v) is 5.22. The van der Waals surface area contributed by atoms with Crippen LogP contribution in [0.15, 0.2) is 158 Å². The van der Waals surface area contributed by atoms with Crippen molar-refractivity contribution in [3.05, 3.63) is 164 Å². The van der Waals surface area contributed by atoms with Gasteiger partial charge in [-0.05, 0) is 63.7 Å². The van der Waals surface area contributed by atoms with E-state index in [2.05, 4.69) is 41.4 Å². The molecule has 0 aliphatic heterocycles. The summed E-state index contributed by atoms with van der Waals surface area (Å²) in [4.78, 5) is 14.1. The predicted octanol–water partition coefficient (Wildman–Crippen LogP) is 10.0. The van der Waals surface area contributed by atoms with Crippen LogP contribution < -0.4 is 0 Å². The molecule has 43 heavy (non-hydrogen) atoms. The first kappa shape index (κ1) is 26.2. The molecule has 0 amide bonds. The van der Waals surface area contributed by atoms with E-state index in [9.17, 15) is 0 Å². The number of nitrogens with zero attached hydrogens (tertiary/aromatic N) is 3. The van der Waals surface area contributed by atoms with E-state index in [1.165, 1.54) is 6.07 Å². The van der Waals surface area contributed by atoms with Crippen molar-refractivity contribution in [3.8, 4) is 67.3 Å². The quantitative estimate of drug-likeness (QED) is 0.205. The molecule has 0 aliphatic rings. The first-order chi connectivity index (χ1) is 21.2. The Morgan fingerprint density at radius 2 is 0.860 bits per heavy atom. The van der Waals surface area contributed by atoms with Gasteiger partial charge in [-0.1, -0.05) is 115 Å². The summed E-state index contributed by atoms with van der Waals surface area (Å²) in [6.07, 6.45) is 3.59. The van der Waals surface area contributed by atoms with Gasteiger partial charge in [0.05, 0.1) is 11.4 Å². The topological polar surface area (TPSA) is 38.7 Å². The van der Waals surface area contributed by atoms with Crippen LogP contribution in [-0.2, 0) is 0 Å². The van der Waals surface area contributed by atoms with Gasteiger partial charge in [-0.15, -0.1) is 0 Å². The summed E-state index contributed by atoms with van der Waals surface area (Å²) < 4.78 is 15.1. The monoisotopic (exact) mass is 555 g/mol. The van der Waals surface area contributed by atoms with Crippen molar-refractivity contribution < 1.29 is 4.39 Å². The van der Waals surface area contributed by atoms with Crippen molar-refractivity contribution in [1.29, 1.82) is 0 Å². The summed E-state index contributed by atoms with van der Waals surface area (Å²) >= 11 is 0. The van der Waals surface area contributed by atoms with Gasteiger partial charge in [0.2, 0.25) is 0 Å². The average molecular weight is 556 g/mol. The van der Waals surface area contributed by atoms with E-state index in [1.807, 2.05) is 103 Å². The second-order valence-electron chi connectivity index (χ2n) is 10.3. The summed E-state index contributed by atoms with van der Waals surface area (Å²) in [5.74, 6) is 0.268. The second-order valence-corrected chi connectivity index (χ2v) is 10.3. The lowest BCUT2D eigenvalue weighted by Gasteiger charge is -2.12. The Kier molecular flexibility index (Phi) is 7.08. The predicted molar refractivity (Wildman–Crippen MR) is 172 cm³/mol. The molecule has 4 heteroatoms. The highest BCUT2D eigenvalue weighted by Crippen LogP contribution is 2.32. The zero-order valence-electron chi connectivity index (χ0n) is 23.2. The number of halogens is 1. The highest BCUT2D eigenvalue weighted by atomic mass is 19.1. The number of pyridine rings is 1. The third kappa shape index (κ3) is 5.72. The summed E-state index contributed by atoms with van der Waals surface area (Å²) in [5.41, 5.74) is 10.1. The van der Waals surface area contributed by atoms with Crippen LogP contribution in [0.4, 0.5) is 4.39 Å². The van der Waals surface area contributed by atoms with Gasteiger partial charge in [-0.2, -0.15) is 0 Å². The van der Waals surface area contributed by atoms with Gasteiger partial charge in [0.1, 0.15) is 5.82 Å². The van der Waals surface area contributed by atoms with Crippen LogP contribution in [0.2, 0.25) is 0 Å². The van der Waals surface area contributed by atoms with Gasteiger partial charge in [0.15, 0.2) is 5.82 Å². The average Bonchev–Trinajstić information content (AvgIpc) is 3.09. The van der Waals surface area contributed by atoms with E-state index in [-0.39, 0.29) is 5.82 Å². The maximum absolute atomic E-state index is 15.1.